The maximum atomic E-state index is 14.3. The maximum Gasteiger partial charge on any atom is 0.327 e. The number of hydrogen-bond donors (Lipinski definition) is 3. The van der Waals surface area contributed by atoms with Gasteiger partial charge in [0.2, 0.25) is 0 Å². The first-order chi connectivity index (χ1) is 17.3. The number of nitrogens with two attached hydrogens (primary N) is 1. The summed E-state index contributed by atoms with van der Waals surface area (Å²) in [7, 11) is 0.500. The van der Waals surface area contributed by atoms with Crippen LogP contribution in [-0.4, -0.2) is 39.6 Å². The highest BCUT2D eigenvalue weighted by Gasteiger charge is 2.48. The van der Waals surface area contributed by atoms with Gasteiger partial charge in [-0.1, -0.05) is 57.6 Å². The molecule has 2 aromatic rings. The Morgan fingerprint density at radius 1 is 1.22 bits per heavy atom. The molecule has 2 aliphatic rings. The molecule has 36 heavy (non-hydrogen) atoms. The Morgan fingerprint density at radius 2 is 1.83 bits per heavy atom. The summed E-state index contributed by atoms with van der Waals surface area (Å²) in [5.41, 5.74) is 7.01. The van der Waals surface area contributed by atoms with Gasteiger partial charge in [-0.3, -0.25) is 14.2 Å². The minimum Gasteiger partial charge on any atom is -0.478 e. The number of carboxylic acids is 1. The smallest absolute Gasteiger partial charge is 0.327 e. The zero-order valence-electron chi connectivity index (χ0n) is 21.0. The third kappa shape index (κ3) is 10.3. The van der Waals surface area contributed by atoms with Crippen molar-refractivity contribution >= 4 is 46.1 Å². The molecule has 0 saturated heterocycles. The van der Waals surface area contributed by atoms with Crippen molar-refractivity contribution < 1.29 is 23.5 Å². The molecule has 4 N–H and O–H groups in total. The number of alkyl halides is 1. The van der Waals surface area contributed by atoms with E-state index >= 15 is 0 Å². The number of fused-ring (bicyclic) bond motifs is 1. The monoisotopic (exact) mass is 542 g/mol. The Kier molecular flexibility index (Phi) is 16.0. The predicted molar refractivity (Wildman–Crippen MR) is 145 cm³/mol. The number of carbonyl (C=O) groups is 2. The molecule has 3 atom stereocenters. The lowest BCUT2D eigenvalue weighted by molar-refractivity contribution is -0.131. The average molecular weight is 543 g/mol. The van der Waals surface area contributed by atoms with Crippen molar-refractivity contribution in [3.63, 3.8) is 0 Å². The van der Waals surface area contributed by atoms with Gasteiger partial charge in [-0.25, -0.2) is 14.2 Å². The van der Waals surface area contributed by atoms with Crippen LogP contribution in [0.15, 0.2) is 54.2 Å². The quantitative estimate of drug-likeness (QED) is 0.379. The third-order valence-electron chi connectivity index (χ3n) is 4.43. The van der Waals surface area contributed by atoms with E-state index in [2.05, 4.69) is 21.9 Å². The number of nitrogens with zero attached hydrogens (tertiary/aromatic N) is 2. The fraction of sp³-hybridized carbons (Fsp3) is 0.360. The van der Waals surface area contributed by atoms with Crippen molar-refractivity contribution in [1.29, 1.82) is 0 Å². The average Bonchev–Trinajstić information content (AvgIpc) is 3.68. The molecule has 7 nitrogen and oxygen atoms in total. The van der Waals surface area contributed by atoms with Crippen LogP contribution in [0.2, 0.25) is 5.02 Å². The van der Waals surface area contributed by atoms with Crippen molar-refractivity contribution in [2.45, 2.75) is 45.4 Å². The summed E-state index contributed by atoms with van der Waals surface area (Å²) < 4.78 is 23.8. The second kappa shape index (κ2) is 17.4. The number of anilines is 1. The Bertz CT molecular complexity index is 1020. The zero-order chi connectivity index (χ0) is 27.8. The van der Waals surface area contributed by atoms with Crippen LogP contribution in [0.4, 0.5) is 14.5 Å². The Labute approximate surface area is 220 Å². The van der Waals surface area contributed by atoms with Gasteiger partial charge in [-0.15, -0.1) is 0 Å². The number of nitrogens with one attached hydrogen (secondary N) is 1. The summed E-state index contributed by atoms with van der Waals surface area (Å²) in [4.78, 5) is 29.9. The number of aliphatic imine (C=N–C) groups is 1. The van der Waals surface area contributed by atoms with Crippen molar-refractivity contribution in [3.8, 4) is 0 Å². The van der Waals surface area contributed by atoms with Crippen LogP contribution in [0.5, 0.6) is 0 Å². The molecule has 1 aliphatic carbocycles. The van der Waals surface area contributed by atoms with Crippen LogP contribution in [0, 0.1) is 11.7 Å². The molecule has 1 saturated carbocycles. The summed E-state index contributed by atoms with van der Waals surface area (Å²) in [6, 6.07) is 7.30. The van der Waals surface area contributed by atoms with E-state index < -0.39 is 5.97 Å². The molecule has 3 unspecified atom stereocenters. The number of aliphatic carboxylic acids is 1. The maximum absolute atomic E-state index is 14.3. The highest BCUT2D eigenvalue weighted by molar-refractivity contribution is 8.14. The van der Waals surface area contributed by atoms with Gasteiger partial charge in [-0.2, -0.15) is 0 Å². The van der Waals surface area contributed by atoms with E-state index in [0.29, 0.717) is 39.8 Å². The minimum atomic E-state index is -0.981. The van der Waals surface area contributed by atoms with Gasteiger partial charge in [0.05, 0.1) is 18.2 Å². The van der Waals surface area contributed by atoms with Crippen LogP contribution in [0.3, 0.4) is 0 Å². The topological polar surface area (TPSA) is 118 Å². The number of thioether (sulfide) groups is 1. The normalized spacial score (nSPS) is 18.2. The summed E-state index contributed by atoms with van der Waals surface area (Å²) >= 11 is 7.32. The lowest BCUT2D eigenvalue weighted by Gasteiger charge is -2.19. The largest absolute Gasteiger partial charge is 0.478 e. The van der Waals surface area contributed by atoms with Crippen LogP contribution < -0.4 is 11.1 Å². The van der Waals surface area contributed by atoms with Crippen molar-refractivity contribution in [2.24, 2.45) is 16.6 Å². The number of hydrogen-bond acceptors (Lipinski definition) is 6. The molecule has 1 aliphatic heterocycles. The van der Waals surface area contributed by atoms with Crippen LogP contribution in [0.25, 0.3) is 0 Å². The first kappa shape index (κ1) is 33.0. The second-order valence-corrected chi connectivity index (χ2v) is 8.26. The Morgan fingerprint density at radius 3 is 2.36 bits per heavy atom. The molecular formula is C25H33ClF2N4O3S. The number of pyridine rings is 1. The first-order valence-corrected chi connectivity index (χ1v) is 12.5. The molecule has 0 radical (unpaired) electrons. The number of benzene rings is 1. The van der Waals surface area contributed by atoms with Gasteiger partial charge < -0.3 is 16.2 Å². The number of carbonyl (C=O) groups excluding carboxylic acids is 1. The molecule has 0 bridgehead atoms. The van der Waals surface area contributed by atoms with Gasteiger partial charge in [0.15, 0.2) is 5.17 Å². The summed E-state index contributed by atoms with van der Waals surface area (Å²) in [5, 5.41) is 11.7. The molecular weight excluding hydrogens is 510 g/mol. The summed E-state index contributed by atoms with van der Waals surface area (Å²) in [5.74, 6) is -1.41. The summed E-state index contributed by atoms with van der Waals surface area (Å²) in [6.45, 7) is 11.0. The standard InChI is InChI=1S/C17H14ClFN4OS.C3H4O2.2C2H6.CH3F/c18-8-1-4-13(21-7-8)16(24)22-9-2-3-12(19)10(5-9)15-11-6-14(11)25-17(20)23-15;1-2-3(4)5;3*1-2/h1-5,7,11,14-15H,6H2,(H2,20,23)(H,22,24);2H,1H2,(H,4,5);2*1-2H3;1H3. The van der Waals surface area contributed by atoms with Gasteiger partial charge in [0.25, 0.3) is 5.91 Å². The number of amidine groups is 1. The van der Waals surface area contributed by atoms with Crippen LogP contribution in [0.1, 0.15) is 56.2 Å². The lowest BCUT2D eigenvalue weighted by Crippen LogP contribution is -2.18. The van der Waals surface area contributed by atoms with Gasteiger partial charge in [0, 0.05) is 28.8 Å². The van der Waals surface area contributed by atoms with E-state index in [-0.39, 0.29) is 23.5 Å². The zero-order valence-corrected chi connectivity index (χ0v) is 22.5. The fourth-order valence-corrected chi connectivity index (χ4v) is 4.17. The summed E-state index contributed by atoms with van der Waals surface area (Å²) in [6.07, 6.45) is 3.21. The van der Waals surface area contributed by atoms with Crippen LogP contribution >= 0.6 is 23.4 Å². The van der Waals surface area contributed by atoms with Gasteiger partial charge in [-0.05, 0) is 42.7 Å². The van der Waals surface area contributed by atoms with E-state index in [1.54, 1.807) is 23.9 Å². The first-order valence-electron chi connectivity index (χ1n) is 11.2. The van der Waals surface area contributed by atoms with E-state index in [1.807, 2.05) is 27.7 Å². The third-order valence-corrected chi connectivity index (χ3v) is 5.85. The molecule has 11 heteroatoms. The number of amides is 1. The minimum absolute atomic E-state index is 0.230. The SMILES string of the molecule is C=CC(=O)O.CC.CC.CF.NC1=NC(c2cc(NC(=O)c3ccc(Cl)cn3)ccc2F)C2CC2S1. The number of halogens is 3. The van der Waals surface area contributed by atoms with E-state index in [9.17, 15) is 18.4 Å². The molecule has 1 aromatic carbocycles. The molecule has 2 heterocycles. The fourth-order valence-electron chi connectivity index (χ4n) is 2.93. The lowest BCUT2D eigenvalue weighted by atomic mass is 10.0. The van der Waals surface area contributed by atoms with E-state index in [0.717, 1.165) is 12.5 Å². The molecule has 4 rings (SSSR count). The Balaban J connectivity index is 0.000000967. The second-order valence-electron chi connectivity index (χ2n) is 6.56. The Hall–Kier alpha value is -2.98. The number of carboxylic acid groups (broad SMARTS) is 1. The van der Waals surface area contributed by atoms with Crippen molar-refractivity contribution in [3.05, 3.63) is 71.3 Å². The molecule has 198 valence electrons. The van der Waals surface area contributed by atoms with E-state index in [1.165, 1.54) is 24.4 Å². The number of rotatable bonds is 4. The molecule has 1 fully saturated rings. The van der Waals surface area contributed by atoms with Crippen LogP contribution in [-0.2, 0) is 4.79 Å². The highest BCUT2D eigenvalue weighted by atomic mass is 35.5. The molecule has 1 amide bonds. The van der Waals surface area contributed by atoms with E-state index in [4.69, 9.17) is 22.4 Å². The predicted octanol–water partition coefficient (Wildman–Crippen LogP) is 6.51. The highest BCUT2D eigenvalue weighted by Crippen LogP contribution is 2.54. The van der Waals surface area contributed by atoms with Crippen molar-refractivity contribution in [1.82, 2.24) is 4.98 Å². The van der Waals surface area contributed by atoms with Gasteiger partial charge >= 0.3 is 5.97 Å². The van der Waals surface area contributed by atoms with Gasteiger partial charge in [0.1, 0.15) is 11.5 Å². The molecule has 1 aromatic heterocycles. The molecule has 0 spiro atoms. The van der Waals surface area contributed by atoms with Crippen molar-refractivity contribution in [2.75, 3.05) is 12.5 Å². The number of aromatic nitrogens is 1.